The molecule has 0 saturated heterocycles. The maximum atomic E-state index is 11.4. The second kappa shape index (κ2) is 7.61. The quantitative estimate of drug-likeness (QED) is 0.443. The van der Waals surface area contributed by atoms with E-state index in [1.165, 1.54) is 0 Å². The molecule has 0 bridgehead atoms. The average Bonchev–Trinajstić information content (AvgIpc) is 2.31. The Balaban J connectivity index is 4.22. The zero-order valence-corrected chi connectivity index (χ0v) is 10.0. The van der Waals surface area contributed by atoms with Gasteiger partial charge in [0.25, 0.3) is 0 Å². The predicted molar refractivity (Wildman–Crippen MR) is 61.1 cm³/mol. The summed E-state index contributed by atoms with van der Waals surface area (Å²) in [5.74, 6) is -2.27. The number of nitrogens with two attached hydrogens (primary N) is 1. The predicted octanol–water partition coefficient (Wildman–Crippen LogP) is -1.32. The lowest BCUT2D eigenvalue weighted by Crippen LogP contribution is -2.49. The number of rotatable bonds is 7. The molecular weight excluding hydrogens is 226 g/mol. The summed E-state index contributed by atoms with van der Waals surface area (Å²) in [6.07, 6.45) is 0.631. The summed E-state index contributed by atoms with van der Waals surface area (Å²) in [6, 6.07) is -0.942. The van der Waals surface area contributed by atoms with Crippen LogP contribution in [0.3, 0.4) is 0 Å². The van der Waals surface area contributed by atoms with Gasteiger partial charge in [0.1, 0.15) is 6.04 Å². The van der Waals surface area contributed by atoms with Crippen LogP contribution in [0.5, 0.6) is 0 Å². The Kier molecular flexibility index (Phi) is 6.88. The van der Waals surface area contributed by atoms with Crippen LogP contribution in [0.15, 0.2) is 0 Å². The van der Waals surface area contributed by atoms with Crippen molar-refractivity contribution in [3.8, 4) is 0 Å². The van der Waals surface area contributed by atoms with Crippen LogP contribution in [0.4, 0.5) is 0 Å². The van der Waals surface area contributed by atoms with Crippen LogP contribution in [0.2, 0.25) is 0 Å². The van der Waals surface area contributed by atoms with Crippen LogP contribution < -0.4 is 16.4 Å². The largest absolute Gasteiger partial charge is 0.480 e. The molecule has 0 heterocycles. The van der Waals surface area contributed by atoms with Gasteiger partial charge in [-0.15, -0.1) is 0 Å². The van der Waals surface area contributed by atoms with Crippen LogP contribution >= 0.6 is 0 Å². The molecule has 5 N–H and O–H groups in total. The normalized spacial score (nSPS) is 13.6. The van der Waals surface area contributed by atoms with Crippen molar-refractivity contribution in [2.24, 2.45) is 11.7 Å². The summed E-state index contributed by atoms with van der Waals surface area (Å²) >= 11 is 0. The van der Waals surface area contributed by atoms with Crippen molar-refractivity contribution in [3.05, 3.63) is 0 Å². The minimum atomic E-state index is -1.09. The minimum Gasteiger partial charge on any atom is -0.480 e. The van der Waals surface area contributed by atoms with Gasteiger partial charge in [-0.25, -0.2) is 4.79 Å². The van der Waals surface area contributed by atoms with Crippen molar-refractivity contribution in [2.75, 3.05) is 13.1 Å². The highest BCUT2D eigenvalue weighted by Crippen LogP contribution is 2.07. The number of nitrogens with one attached hydrogen (secondary N) is 2. The number of hydrogen-bond acceptors (Lipinski definition) is 4. The van der Waals surface area contributed by atoms with Gasteiger partial charge in [0.05, 0.1) is 13.1 Å². The second-order valence-corrected chi connectivity index (χ2v) is 3.75. The number of amides is 2. The first-order valence-electron chi connectivity index (χ1n) is 5.41. The molecule has 0 aromatic heterocycles. The van der Waals surface area contributed by atoms with Crippen molar-refractivity contribution in [1.29, 1.82) is 0 Å². The van der Waals surface area contributed by atoms with Gasteiger partial charge in [0.2, 0.25) is 11.8 Å². The van der Waals surface area contributed by atoms with Gasteiger partial charge in [0, 0.05) is 0 Å². The van der Waals surface area contributed by atoms with E-state index in [-0.39, 0.29) is 19.0 Å². The van der Waals surface area contributed by atoms with Gasteiger partial charge in [-0.3, -0.25) is 9.59 Å². The highest BCUT2D eigenvalue weighted by Gasteiger charge is 2.25. The minimum absolute atomic E-state index is 0.179. The molecule has 0 rings (SSSR count). The lowest BCUT2D eigenvalue weighted by molar-refractivity contribution is -0.143. The summed E-state index contributed by atoms with van der Waals surface area (Å²) in [7, 11) is 0. The number of carbonyl (C=O) groups excluding carboxylic acids is 2. The molecule has 0 fully saturated rings. The molecule has 2 amide bonds. The Bertz CT molecular complexity index is 293. The van der Waals surface area contributed by atoms with E-state index in [0.717, 1.165) is 0 Å². The third-order valence-corrected chi connectivity index (χ3v) is 2.43. The Labute approximate surface area is 99.7 Å². The number of hydrogen-bond donors (Lipinski definition) is 4. The molecule has 0 aromatic carbocycles. The average molecular weight is 245 g/mol. The van der Waals surface area contributed by atoms with Gasteiger partial charge < -0.3 is 21.5 Å². The first-order valence-corrected chi connectivity index (χ1v) is 5.41. The summed E-state index contributed by atoms with van der Waals surface area (Å²) in [5, 5.41) is 13.5. The Morgan fingerprint density at radius 1 is 1.29 bits per heavy atom. The van der Waals surface area contributed by atoms with E-state index in [4.69, 9.17) is 10.8 Å². The van der Waals surface area contributed by atoms with Crippen LogP contribution in [0.1, 0.15) is 20.3 Å². The molecule has 0 aliphatic carbocycles. The third kappa shape index (κ3) is 5.86. The zero-order chi connectivity index (χ0) is 13.4. The summed E-state index contributed by atoms with van der Waals surface area (Å²) in [5.41, 5.74) is 5.04. The zero-order valence-electron chi connectivity index (χ0n) is 10.0. The fourth-order valence-electron chi connectivity index (χ4n) is 1.16. The molecule has 0 saturated carbocycles. The van der Waals surface area contributed by atoms with E-state index in [2.05, 4.69) is 10.6 Å². The molecule has 7 nitrogen and oxygen atoms in total. The highest BCUT2D eigenvalue weighted by molar-refractivity contribution is 5.88. The highest BCUT2D eigenvalue weighted by atomic mass is 16.4. The van der Waals surface area contributed by atoms with Crippen LogP contribution in [0.25, 0.3) is 0 Å². The molecule has 0 radical (unpaired) electrons. The Morgan fingerprint density at radius 2 is 1.88 bits per heavy atom. The summed E-state index contributed by atoms with van der Waals surface area (Å²) in [4.78, 5) is 33.1. The van der Waals surface area contributed by atoms with Gasteiger partial charge in [-0.05, 0) is 5.92 Å². The third-order valence-electron chi connectivity index (χ3n) is 2.43. The number of carboxylic acids is 1. The molecule has 0 unspecified atom stereocenters. The van der Waals surface area contributed by atoms with E-state index < -0.39 is 23.8 Å². The van der Waals surface area contributed by atoms with E-state index in [1.54, 1.807) is 6.92 Å². The standard InChI is InChI=1S/C10H19N3O4/c1-3-6(2)9(10(16)17)13-8(15)5-12-7(14)4-11/h6,9H,3-5,11H2,1-2H3,(H,12,14)(H,13,15)(H,16,17)/t6-,9+/m1/s1. The smallest absolute Gasteiger partial charge is 0.326 e. The number of carbonyl (C=O) groups is 3. The Hall–Kier alpha value is -1.63. The van der Waals surface area contributed by atoms with Gasteiger partial charge >= 0.3 is 5.97 Å². The van der Waals surface area contributed by atoms with Gasteiger partial charge in [-0.2, -0.15) is 0 Å². The van der Waals surface area contributed by atoms with Gasteiger partial charge in [0.15, 0.2) is 0 Å². The lowest BCUT2D eigenvalue weighted by Gasteiger charge is -2.20. The molecule has 98 valence electrons. The van der Waals surface area contributed by atoms with E-state index >= 15 is 0 Å². The number of carboxylic acid groups (broad SMARTS) is 1. The molecule has 0 aliphatic heterocycles. The van der Waals surface area contributed by atoms with Crippen LogP contribution in [-0.2, 0) is 14.4 Å². The summed E-state index contributed by atoms with van der Waals surface area (Å²) < 4.78 is 0. The van der Waals surface area contributed by atoms with Crippen molar-refractivity contribution in [2.45, 2.75) is 26.3 Å². The molecule has 0 spiro atoms. The lowest BCUT2D eigenvalue weighted by atomic mass is 9.99. The van der Waals surface area contributed by atoms with Crippen molar-refractivity contribution in [1.82, 2.24) is 10.6 Å². The molecule has 17 heavy (non-hydrogen) atoms. The fraction of sp³-hybridized carbons (Fsp3) is 0.700. The molecular formula is C10H19N3O4. The fourth-order valence-corrected chi connectivity index (χ4v) is 1.16. The van der Waals surface area contributed by atoms with Crippen molar-refractivity contribution in [3.63, 3.8) is 0 Å². The van der Waals surface area contributed by atoms with Crippen LogP contribution in [-0.4, -0.2) is 42.0 Å². The maximum absolute atomic E-state index is 11.4. The molecule has 7 heteroatoms. The SMILES string of the molecule is CC[C@@H](C)[C@H](NC(=O)CNC(=O)CN)C(=O)O. The topological polar surface area (TPSA) is 122 Å². The summed E-state index contributed by atoms with van der Waals surface area (Å²) in [6.45, 7) is 3.09. The molecule has 0 aliphatic rings. The van der Waals surface area contributed by atoms with Crippen LogP contribution in [0, 0.1) is 5.92 Å². The van der Waals surface area contributed by atoms with Crippen molar-refractivity contribution < 1.29 is 19.5 Å². The molecule has 0 aromatic rings. The van der Waals surface area contributed by atoms with E-state index in [0.29, 0.717) is 6.42 Å². The van der Waals surface area contributed by atoms with Crippen molar-refractivity contribution >= 4 is 17.8 Å². The first kappa shape index (κ1) is 15.4. The maximum Gasteiger partial charge on any atom is 0.326 e. The van der Waals surface area contributed by atoms with E-state index in [1.807, 2.05) is 6.92 Å². The number of aliphatic carboxylic acids is 1. The van der Waals surface area contributed by atoms with Gasteiger partial charge in [-0.1, -0.05) is 20.3 Å². The first-order chi connectivity index (χ1) is 7.92. The molecule has 2 atom stereocenters. The second-order valence-electron chi connectivity index (χ2n) is 3.75. The monoisotopic (exact) mass is 245 g/mol. The Morgan fingerprint density at radius 3 is 2.29 bits per heavy atom. The van der Waals surface area contributed by atoms with E-state index in [9.17, 15) is 14.4 Å².